The van der Waals surface area contributed by atoms with Gasteiger partial charge in [0, 0.05) is 17.3 Å². The molecule has 0 atom stereocenters. The number of anilines is 1. The molecular formula is C14H21N3O2S. The van der Waals surface area contributed by atoms with Crippen molar-refractivity contribution < 1.29 is 8.42 Å². The van der Waals surface area contributed by atoms with Crippen LogP contribution in [0.25, 0.3) is 0 Å². The van der Waals surface area contributed by atoms with Gasteiger partial charge in [-0.3, -0.25) is 0 Å². The summed E-state index contributed by atoms with van der Waals surface area (Å²) >= 11 is 0. The topological polar surface area (TPSA) is 72.0 Å². The maximum atomic E-state index is 11.5. The number of aromatic nitrogens is 2. The van der Waals surface area contributed by atoms with E-state index in [2.05, 4.69) is 15.3 Å². The molecule has 6 heteroatoms. The van der Waals surface area contributed by atoms with Crippen LogP contribution in [0.3, 0.4) is 0 Å². The molecule has 2 aliphatic rings. The molecule has 1 aliphatic carbocycles. The van der Waals surface area contributed by atoms with Crippen molar-refractivity contribution in [3.63, 3.8) is 0 Å². The smallest absolute Gasteiger partial charge is 0.150 e. The Hall–Kier alpha value is -1.17. The van der Waals surface area contributed by atoms with E-state index in [-0.39, 0.29) is 17.5 Å². The minimum atomic E-state index is -2.80. The van der Waals surface area contributed by atoms with Crippen LogP contribution in [0.2, 0.25) is 0 Å². The Morgan fingerprint density at radius 1 is 1.05 bits per heavy atom. The van der Waals surface area contributed by atoms with Gasteiger partial charge in [-0.2, -0.15) is 0 Å². The van der Waals surface area contributed by atoms with Crippen molar-refractivity contribution in [1.82, 2.24) is 9.97 Å². The fourth-order valence-corrected chi connectivity index (χ4v) is 4.54. The molecule has 1 aromatic heterocycles. The molecule has 1 saturated heterocycles. The number of nitrogens with zero attached hydrogens (tertiary/aromatic N) is 2. The molecule has 2 heterocycles. The second-order valence-electron chi connectivity index (χ2n) is 5.78. The summed E-state index contributed by atoms with van der Waals surface area (Å²) in [4.78, 5) is 8.80. The zero-order chi connectivity index (χ0) is 14.0. The monoisotopic (exact) mass is 295 g/mol. The van der Waals surface area contributed by atoms with Crippen LogP contribution in [-0.4, -0.2) is 35.9 Å². The molecule has 0 bridgehead atoms. The van der Waals surface area contributed by atoms with E-state index in [1.54, 1.807) is 6.33 Å². The van der Waals surface area contributed by atoms with Crippen molar-refractivity contribution >= 4 is 15.7 Å². The summed E-state index contributed by atoms with van der Waals surface area (Å²) in [5, 5.41) is 3.46. The van der Waals surface area contributed by atoms with Gasteiger partial charge in [-0.15, -0.1) is 0 Å². The van der Waals surface area contributed by atoms with E-state index in [0.29, 0.717) is 12.8 Å². The first-order valence-electron chi connectivity index (χ1n) is 7.44. The van der Waals surface area contributed by atoms with Crippen LogP contribution < -0.4 is 5.32 Å². The molecule has 1 fully saturated rings. The van der Waals surface area contributed by atoms with E-state index < -0.39 is 9.84 Å². The van der Waals surface area contributed by atoms with Gasteiger partial charge in [0.05, 0.1) is 11.5 Å². The van der Waals surface area contributed by atoms with E-state index in [1.807, 2.05) is 0 Å². The molecule has 1 N–H and O–H groups in total. The van der Waals surface area contributed by atoms with Crippen LogP contribution in [-0.2, 0) is 22.7 Å². The van der Waals surface area contributed by atoms with Gasteiger partial charge in [0.1, 0.15) is 22.0 Å². The molecular weight excluding hydrogens is 274 g/mol. The summed E-state index contributed by atoms with van der Waals surface area (Å²) < 4.78 is 22.9. The highest BCUT2D eigenvalue weighted by molar-refractivity contribution is 7.91. The molecule has 0 unspecified atom stereocenters. The number of hydrogen-bond acceptors (Lipinski definition) is 5. The van der Waals surface area contributed by atoms with Crippen LogP contribution in [0.1, 0.15) is 43.4 Å². The van der Waals surface area contributed by atoms with Gasteiger partial charge < -0.3 is 5.32 Å². The van der Waals surface area contributed by atoms with Crippen molar-refractivity contribution in [2.24, 2.45) is 0 Å². The van der Waals surface area contributed by atoms with Gasteiger partial charge in [-0.25, -0.2) is 18.4 Å². The fourth-order valence-electron chi connectivity index (χ4n) is 3.05. The first-order chi connectivity index (χ1) is 9.64. The highest BCUT2D eigenvalue weighted by Gasteiger charge is 2.25. The average molecular weight is 295 g/mol. The van der Waals surface area contributed by atoms with E-state index in [9.17, 15) is 8.42 Å². The predicted octanol–water partition coefficient (Wildman–Crippen LogP) is 1.73. The molecule has 1 aromatic rings. The van der Waals surface area contributed by atoms with Crippen molar-refractivity contribution in [1.29, 1.82) is 0 Å². The Labute approximate surface area is 120 Å². The first-order valence-corrected chi connectivity index (χ1v) is 9.26. The SMILES string of the molecule is O=S1(=O)CCC(Nc2ncnc3c2CCCCC3)CC1. The molecule has 0 spiro atoms. The van der Waals surface area contributed by atoms with Crippen molar-refractivity contribution in [2.45, 2.75) is 51.0 Å². The van der Waals surface area contributed by atoms with Crippen LogP contribution in [0, 0.1) is 0 Å². The fraction of sp³-hybridized carbons (Fsp3) is 0.714. The zero-order valence-electron chi connectivity index (χ0n) is 11.6. The minimum absolute atomic E-state index is 0.223. The molecule has 110 valence electrons. The van der Waals surface area contributed by atoms with E-state index in [4.69, 9.17) is 0 Å². The highest BCUT2D eigenvalue weighted by atomic mass is 32.2. The second kappa shape index (κ2) is 5.68. The maximum Gasteiger partial charge on any atom is 0.150 e. The molecule has 0 saturated carbocycles. The van der Waals surface area contributed by atoms with Crippen LogP contribution in [0.4, 0.5) is 5.82 Å². The second-order valence-corrected chi connectivity index (χ2v) is 8.08. The standard InChI is InChI=1S/C14H21N3O2S/c18-20(19)8-6-11(7-9-20)17-14-12-4-2-1-3-5-13(12)15-10-16-14/h10-11H,1-9H2,(H,15,16,17). The Morgan fingerprint density at radius 3 is 2.60 bits per heavy atom. The molecule has 3 rings (SSSR count). The molecule has 0 amide bonds. The summed E-state index contributed by atoms with van der Waals surface area (Å²) in [5.74, 6) is 1.51. The van der Waals surface area contributed by atoms with Gasteiger partial charge in [0.2, 0.25) is 0 Å². The first kappa shape index (κ1) is 13.8. The van der Waals surface area contributed by atoms with Gasteiger partial charge in [0.15, 0.2) is 0 Å². The third kappa shape index (κ3) is 3.11. The highest BCUT2D eigenvalue weighted by Crippen LogP contribution is 2.25. The van der Waals surface area contributed by atoms with Crippen LogP contribution in [0.5, 0.6) is 0 Å². The number of aryl methyl sites for hydroxylation is 1. The lowest BCUT2D eigenvalue weighted by molar-refractivity contribution is 0.558. The van der Waals surface area contributed by atoms with Gasteiger partial charge in [-0.05, 0) is 38.5 Å². The summed E-state index contributed by atoms with van der Waals surface area (Å²) in [6.45, 7) is 0. The lowest BCUT2D eigenvalue weighted by Crippen LogP contribution is -2.32. The largest absolute Gasteiger partial charge is 0.367 e. The van der Waals surface area contributed by atoms with Gasteiger partial charge in [0.25, 0.3) is 0 Å². The summed E-state index contributed by atoms with van der Waals surface area (Å²) in [7, 11) is -2.80. The number of nitrogens with one attached hydrogen (secondary N) is 1. The Bertz CT molecular complexity index is 572. The lowest BCUT2D eigenvalue weighted by Gasteiger charge is -2.24. The number of fused-ring (bicyclic) bond motifs is 1. The predicted molar refractivity (Wildman–Crippen MR) is 78.6 cm³/mol. The molecule has 5 nitrogen and oxygen atoms in total. The lowest BCUT2D eigenvalue weighted by atomic mass is 10.1. The Kier molecular flexibility index (Phi) is 3.92. The minimum Gasteiger partial charge on any atom is -0.367 e. The summed E-state index contributed by atoms with van der Waals surface area (Å²) in [6.07, 6.45) is 8.69. The molecule has 0 radical (unpaired) electrons. The summed E-state index contributed by atoms with van der Waals surface area (Å²) in [6, 6.07) is 0.223. The molecule has 1 aliphatic heterocycles. The maximum absolute atomic E-state index is 11.5. The summed E-state index contributed by atoms with van der Waals surface area (Å²) in [5.41, 5.74) is 2.42. The number of rotatable bonds is 2. The van der Waals surface area contributed by atoms with Crippen LogP contribution >= 0.6 is 0 Å². The van der Waals surface area contributed by atoms with Crippen LogP contribution in [0.15, 0.2) is 6.33 Å². The van der Waals surface area contributed by atoms with E-state index in [0.717, 1.165) is 18.7 Å². The molecule has 0 aromatic carbocycles. The van der Waals surface area contributed by atoms with Gasteiger partial charge >= 0.3 is 0 Å². The van der Waals surface area contributed by atoms with Crippen molar-refractivity contribution in [2.75, 3.05) is 16.8 Å². The molecule has 20 heavy (non-hydrogen) atoms. The normalized spacial score (nSPS) is 22.8. The third-order valence-corrected chi connectivity index (χ3v) is 5.99. The van der Waals surface area contributed by atoms with Gasteiger partial charge in [-0.1, -0.05) is 6.42 Å². The zero-order valence-corrected chi connectivity index (χ0v) is 12.5. The van der Waals surface area contributed by atoms with E-state index >= 15 is 0 Å². The Morgan fingerprint density at radius 2 is 1.80 bits per heavy atom. The van der Waals surface area contributed by atoms with E-state index in [1.165, 1.54) is 30.5 Å². The number of sulfone groups is 1. The Balaban J connectivity index is 1.75. The quantitative estimate of drug-likeness (QED) is 0.841. The van der Waals surface area contributed by atoms with Crippen molar-refractivity contribution in [3.8, 4) is 0 Å². The number of hydrogen-bond donors (Lipinski definition) is 1. The third-order valence-electron chi connectivity index (χ3n) is 4.27. The van der Waals surface area contributed by atoms with Crippen molar-refractivity contribution in [3.05, 3.63) is 17.6 Å². The average Bonchev–Trinajstić information content (AvgIpc) is 2.67.